The van der Waals surface area contributed by atoms with Gasteiger partial charge in [-0.2, -0.15) is 0 Å². The summed E-state index contributed by atoms with van der Waals surface area (Å²) >= 11 is 0. The van der Waals surface area contributed by atoms with E-state index in [4.69, 9.17) is 4.42 Å². The Hall–Kier alpha value is -8.98. The minimum absolute atomic E-state index is 0.893. The van der Waals surface area contributed by atoms with E-state index < -0.39 is 0 Å². The molecule has 13 aromatic rings. The molecule has 0 N–H and O–H groups in total. The summed E-state index contributed by atoms with van der Waals surface area (Å²) in [6.45, 7) is 0. The molecule has 2 nitrogen and oxygen atoms in total. The molecule has 0 saturated heterocycles. The van der Waals surface area contributed by atoms with Crippen molar-refractivity contribution in [3.63, 3.8) is 0 Å². The Balaban J connectivity index is 0.982. The van der Waals surface area contributed by atoms with Gasteiger partial charge in [0.05, 0.1) is 0 Å². The van der Waals surface area contributed by atoms with Gasteiger partial charge >= 0.3 is 0 Å². The lowest BCUT2D eigenvalue weighted by Gasteiger charge is -2.27. The van der Waals surface area contributed by atoms with Crippen LogP contribution in [0, 0.1) is 0 Å². The zero-order chi connectivity index (χ0) is 45.0. The Kier molecular flexibility index (Phi) is 9.54. The number of hydrogen-bond donors (Lipinski definition) is 0. The van der Waals surface area contributed by atoms with E-state index in [1.807, 2.05) is 6.07 Å². The molecule has 0 aliphatic heterocycles. The Morgan fingerprint density at radius 3 is 1.51 bits per heavy atom. The lowest BCUT2D eigenvalue weighted by atomic mass is 9.85. The Bertz CT molecular complexity index is 4000. The highest BCUT2D eigenvalue weighted by atomic mass is 16.3. The molecular weight excluding hydrogens is 823 g/mol. The third kappa shape index (κ3) is 6.82. The average Bonchev–Trinajstić information content (AvgIpc) is 3.80. The number of nitrogens with zero attached hydrogens (tertiary/aromatic N) is 1. The van der Waals surface area contributed by atoms with Crippen LogP contribution in [0.4, 0.5) is 17.1 Å². The van der Waals surface area contributed by atoms with Crippen LogP contribution < -0.4 is 4.90 Å². The Morgan fingerprint density at radius 2 is 0.765 bits per heavy atom. The van der Waals surface area contributed by atoms with Crippen molar-refractivity contribution < 1.29 is 4.42 Å². The lowest BCUT2D eigenvalue weighted by Crippen LogP contribution is -2.10. The number of rotatable bonds is 8. The molecule has 13 rings (SSSR count). The van der Waals surface area contributed by atoms with Crippen molar-refractivity contribution in [2.24, 2.45) is 0 Å². The maximum Gasteiger partial charge on any atom is 0.143 e. The topological polar surface area (TPSA) is 16.4 Å². The third-order valence-corrected chi connectivity index (χ3v) is 13.6. The summed E-state index contributed by atoms with van der Waals surface area (Å²) in [7, 11) is 0. The number of benzene rings is 12. The van der Waals surface area contributed by atoms with E-state index in [0.29, 0.717) is 0 Å². The highest BCUT2D eigenvalue weighted by Crippen LogP contribution is 2.47. The third-order valence-electron chi connectivity index (χ3n) is 13.6. The molecular formula is C66H43NO. The minimum Gasteiger partial charge on any atom is -0.455 e. The van der Waals surface area contributed by atoms with Gasteiger partial charge in [0.15, 0.2) is 0 Å². The summed E-state index contributed by atoms with van der Waals surface area (Å²) in [5.41, 5.74) is 16.7. The molecule has 318 valence electrons. The molecule has 0 radical (unpaired) electrons. The smallest absolute Gasteiger partial charge is 0.143 e. The van der Waals surface area contributed by atoms with Crippen LogP contribution in [0.5, 0.6) is 0 Å². The van der Waals surface area contributed by atoms with E-state index in [0.717, 1.165) is 55.7 Å². The molecule has 0 amide bonds. The highest BCUT2D eigenvalue weighted by molar-refractivity contribution is 6.22. The quantitative estimate of drug-likeness (QED) is 0.142. The van der Waals surface area contributed by atoms with E-state index in [1.54, 1.807) is 0 Å². The van der Waals surface area contributed by atoms with Crippen molar-refractivity contribution in [2.45, 2.75) is 0 Å². The normalized spacial score (nSPS) is 11.5. The van der Waals surface area contributed by atoms with E-state index in [2.05, 4.69) is 260 Å². The molecule has 0 fully saturated rings. The summed E-state index contributed by atoms with van der Waals surface area (Å²) in [5.74, 6) is 0. The van der Waals surface area contributed by atoms with Crippen molar-refractivity contribution in [3.8, 4) is 55.6 Å². The zero-order valence-electron chi connectivity index (χ0n) is 37.2. The van der Waals surface area contributed by atoms with Gasteiger partial charge < -0.3 is 9.32 Å². The Labute approximate surface area is 395 Å². The van der Waals surface area contributed by atoms with Crippen molar-refractivity contribution in [2.75, 3.05) is 4.90 Å². The molecule has 0 aliphatic carbocycles. The highest BCUT2D eigenvalue weighted by Gasteiger charge is 2.21. The maximum absolute atomic E-state index is 6.58. The van der Waals surface area contributed by atoms with Crippen molar-refractivity contribution >= 4 is 71.3 Å². The van der Waals surface area contributed by atoms with Crippen LogP contribution in [-0.2, 0) is 0 Å². The van der Waals surface area contributed by atoms with Crippen LogP contribution in [0.25, 0.3) is 110 Å². The van der Waals surface area contributed by atoms with E-state index >= 15 is 0 Å². The van der Waals surface area contributed by atoms with Gasteiger partial charge in [0.1, 0.15) is 11.2 Å². The summed E-state index contributed by atoms with van der Waals surface area (Å²) in [5, 5.41) is 9.63. The van der Waals surface area contributed by atoms with Crippen LogP contribution in [0.3, 0.4) is 0 Å². The largest absolute Gasteiger partial charge is 0.455 e. The second-order valence-electron chi connectivity index (χ2n) is 17.6. The predicted molar refractivity (Wildman–Crippen MR) is 288 cm³/mol. The number of hydrogen-bond acceptors (Lipinski definition) is 2. The first-order valence-corrected chi connectivity index (χ1v) is 23.3. The van der Waals surface area contributed by atoms with Gasteiger partial charge in [-0.1, -0.05) is 212 Å². The van der Waals surface area contributed by atoms with Gasteiger partial charge in [-0.3, -0.25) is 0 Å². The van der Waals surface area contributed by atoms with E-state index in [-0.39, 0.29) is 0 Å². The number of para-hydroxylation sites is 2. The molecule has 0 atom stereocenters. The fourth-order valence-corrected chi connectivity index (χ4v) is 10.4. The maximum atomic E-state index is 6.58. The standard InChI is InChI=1S/C66H43NO/c1-3-16-48(17-4-1)64-60-25-10-9-23-57(60)58-40-39-55(43-62(58)65(64)49-18-5-2-6-19-49)67(54-22-13-21-52(42-54)56-26-14-27-61-59-24-11-12-28-63(59)68-66(56)61)53-37-35-46(36-38-53)45-29-31-47(32-30-45)51-34-33-44-15-7-8-20-50(44)41-51/h1-43H. The first kappa shape index (κ1) is 39.4. The van der Waals surface area contributed by atoms with Gasteiger partial charge in [0.2, 0.25) is 0 Å². The summed E-state index contributed by atoms with van der Waals surface area (Å²) in [4.78, 5) is 2.40. The molecule has 1 heterocycles. The first-order chi connectivity index (χ1) is 33.7. The fraction of sp³-hybridized carbons (Fsp3) is 0. The SMILES string of the molecule is c1ccc(-c2c(-c3ccccc3)c3cc(N(c4ccc(-c5ccc(-c6ccc7ccccc7c6)cc5)cc4)c4cccc(-c5cccc6c5oc5ccccc56)c4)ccc3c3ccccc23)cc1. The molecule has 0 saturated carbocycles. The van der Waals surface area contributed by atoms with Crippen LogP contribution >= 0.6 is 0 Å². The predicted octanol–water partition coefficient (Wildman–Crippen LogP) is 18.9. The van der Waals surface area contributed by atoms with Crippen molar-refractivity contribution in [1.82, 2.24) is 0 Å². The first-order valence-electron chi connectivity index (χ1n) is 23.3. The monoisotopic (exact) mass is 865 g/mol. The number of furan rings is 1. The number of anilines is 3. The molecule has 0 spiro atoms. The van der Waals surface area contributed by atoms with Gasteiger partial charge in [-0.05, 0) is 131 Å². The number of fused-ring (bicyclic) bond motifs is 7. The van der Waals surface area contributed by atoms with Crippen molar-refractivity contribution in [1.29, 1.82) is 0 Å². The molecule has 68 heavy (non-hydrogen) atoms. The minimum atomic E-state index is 0.893. The van der Waals surface area contributed by atoms with Gasteiger partial charge in [0.25, 0.3) is 0 Å². The van der Waals surface area contributed by atoms with Gasteiger partial charge in [0, 0.05) is 33.4 Å². The molecule has 0 bridgehead atoms. The van der Waals surface area contributed by atoms with Crippen molar-refractivity contribution in [3.05, 3.63) is 261 Å². The average molecular weight is 866 g/mol. The van der Waals surface area contributed by atoms with Crippen LogP contribution in [0.1, 0.15) is 0 Å². The molecule has 12 aromatic carbocycles. The molecule has 1 aromatic heterocycles. The van der Waals surface area contributed by atoms with Gasteiger partial charge in [-0.15, -0.1) is 0 Å². The fourth-order valence-electron chi connectivity index (χ4n) is 10.4. The molecule has 0 aliphatic rings. The molecule has 0 unspecified atom stereocenters. The van der Waals surface area contributed by atoms with Crippen LogP contribution in [0.2, 0.25) is 0 Å². The van der Waals surface area contributed by atoms with E-state index in [1.165, 1.54) is 71.3 Å². The molecule has 2 heteroatoms. The van der Waals surface area contributed by atoms with Crippen LogP contribution in [-0.4, -0.2) is 0 Å². The Morgan fingerprint density at radius 1 is 0.250 bits per heavy atom. The van der Waals surface area contributed by atoms with Crippen LogP contribution in [0.15, 0.2) is 265 Å². The lowest BCUT2D eigenvalue weighted by molar-refractivity contribution is 0.670. The second-order valence-corrected chi connectivity index (χ2v) is 17.6. The van der Waals surface area contributed by atoms with E-state index in [9.17, 15) is 0 Å². The van der Waals surface area contributed by atoms with Gasteiger partial charge in [-0.25, -0.2) is 0 Å². The summed E-state index contributed by atoms with van der Waals surface area (Å²) < 4.78 is 6.58. The summed E-state index contributed by atoms with van der Waals surface area (Å²) in [6.07, 6.45) is 0. The zero-order valence-corrected chi connectivity index (χ0v) is 37.2. The summed E-state index contributed by atoms with van der Waals surface area (Å²) in [6, 6.07) is 94.5. The second kappa shape index (κ2) is 16.5.